The van der Waals surface area contributed by atoms with Gasteiger partial charge in [-0.15, -0.1) is 0 Å². The van der Waals surface area contributed by atoms with Crippen LogP contribution in [-0.4, -0.2) is 76.4 Å². The molecule has 9 nitrogen and oxygen atoms in total. The van der Waals surface area contributed by atoms with Gasteiger partial charge in [0.25, 0.3) is 11.8 Å². The fraction of sp³-hybridized carbons (Fsp3) is 0.500. The number of aliphatic hydroxyl groups excluding tert-OH is 1. The number of piperidine rings is 1. The number of fused-ring (bicyclic) bond motifs is 1. The first-order chi connectivity index (χ1) is 13.8. The summed E-state index contributed by atoms with van der Waals surface area (Å²) in [5.74, 6) is -2.02. The Bertz CT molecular complexity index is 901. The van der Waals surface area contributed by atoms with E-state index < -0.39 is 35.2 Å². The molecule has 0 bridgehead atoms. The zero-order valence-electron chi connectivity index (χ0n) is 16.2. The van der Waals surface area contributed by atoms with E-state index in [1.165, 1.54) is 0 Å². The zero-order chi connectivity index (χ0) is 20.8. The van der Waals surface area contributed by atoms with Crippen molar-refractivity contribution >= 4 is 23.6 Å². The van der Waals surface area contributed by atoms with Crippen LogP contribution < -0.4 is 10.6 Å². The Hall–Kier alpha value is -2.62. The largest absolute Gasteiger partial charge is 0.394 e. The zero-order valence-corrected chi connectivity index (χ0v) is 16.2. The molecule has 2 saturated heterocycles. The van der Waals surface area contributed by atoms with Crippen molar-refractivity contribution < 1.29 is 24.3 Å². The summed E-state index contributed by atoms with van der Waals surface area (Å²) < 4.78 is 0. The average Bonchev–Trinajstić information content (AvgIpc) is 2.94. The van der Waals surface area contributed by atoms with Crippen molar-refractivity contribution in [3.8, 4) is 0 Å². The maximum atomic E-state index is 12.9. The molecule has 2 atom stereocenters. The molecule has 2 unspecified atom stereocenters. The summed E-state index contributed by atoms with van der Waals surface area (Å²) >= 11 is 0. The minimum atomic E-state index is -0.964. The van der Waals surface area contributed by atoms with Gasteiger partial charge in [-0.05, 0) is 31.0 Å². The smallest absolute Gasteiger partial charge is 0.262 e. The predicted octanol–water partition coefficient (Wildman–Crippen LogP) is -0.756. The van der Waals surface area contributed by atoms with Crippen LogP contribution >= 0.6 is 0 Å². The highest BCUT2D eigenvalue weighted by atomic mass is 16.3. The first-order valence-electron chi connectivity index (χ1n) is 9.75. The molecule has 1 aromatic rings. The van der Waals surface area contributed by atoms with Crippen LogP contribution in [-0.2, 0) is 16.1 Å². The van der Waals surface area contributed by atoms with Gasteiger partial charge in [-0.3, -0.25) is 34.3 Å². The Balaban J connectivity index is 1.57. The van der Waals surface area contributed by atoms with Crippen molar-refractivity contribution in [1.29, 1.82) is 0 Å². The predicted molar refractivity (Wildman–Crippen MR) is 102 cm³/mol. The molecule has 2 fully saturated rings. The molecule has 0 aromatic heterocycles. The Labute approximate surface area is 168 Å². The fourth-order valence-electron chi connectivity index (χ4n) is 4.22. The van der Waals surface area contributed by atoms with Crippen molar-refractivity contribution in [3.05, 3.63) is 34.9 Å². The van der Waals surface area contributed by atoms with E-state index in [1.54, 1.807) is 18.2 Å². The lowest BCUT2D eigenvalue weighted by atomic mass is 9.97. The Morgan fingerprint density at radius 2 is 1.93 bits per heavy atom. The Kier molecular flexibility index (Phi) is 4.97. The molecule has 3 aliphatic heterocycles. The number of benzene rings is 1. The van der Waals surface area contributed by atoms with E-state index in [0.29, 0.717) is 13.1 Å². The summed E-state index contributed by atoms with van der Waals surface area (Å²) in [5.41, 5.74) is 0.999. The second-order valence-electron chi connectivity index (χ2n) is 8.08. The molecular weight excluding hydrogens is 376 g/mol. The van der Waals surface area contributed by atoms with Gasteiger partial charge in [0.15, 0.2) is 0 Å². The van der Waals surface area contributed by atoms with Gasteiger partial charge in [0.05, 0.1) is 23.3 Å². The van der Waals surface area contributed by atoms with Crippen LogP contribution in [0, 0.1) is 0 Å². The van der Waals surface area contributed by atoms with E-state index in [2.05, 4.69) is 15.5 Å². The number of hydrogen-bond acceptors (Lipinski definition) is 7. The molecular formula is C20H24N4O5. The molecule has 0 spiro atoms. The monoisotopic (exact) mass is 400 g/mol. The number of amides is 4. The lowest BCUT2D eigenvalue weighted by molar-refractivity contribution is -0.136. The van der Waals surface area contributed by atoms with Crippen molar-refractivity contribution in [1.82, 2.24) is 20.4 Å². The Morgan fingerprint density at radius 1 is 1.17 bits per heavy atom. The molecule has 154 valence electrons. The highest BCUT2D eigenvalue weighted by Gasteiger charge is 2.44. The number of piperazine rings is 1. The molecule has 3 N–H and O–H groups in total. The van der Waals surface area contributed by atoms with Gasteiger partial charge in [-0.25, -0.2) is 0 Å². The standard InChI is InChI=1S/C20H24N4O5/c1-20(11-25)10-21-6-7-23(20)9-12-2-3-13-14(8-12)19(29)24(18(13)28)15-4-5-16(26)22-17(15)27/h2-3,8,15,21,25H,4-7,9-11H2,1H3,(H,22,26,27). The maximum absolute atomic E-state index is 12.9. The van der Waals surface area contributed by atoms with Crippen molar-refractivity contribution in [2.75, 3.05) is 26.2 Å². The van der Waals surface area contributed by atoms with Gasteiger partial charge >= 0.3 is 0 Å². The van der Waals surface area contributed by atoms with E-state index in [0.717, 1.165) is 23.6 Å². The van der Waals surface area contributed by atoms with E-state index in [1.807, 2.05) is 6.92 Å². The first kappa shape index (κ1) is 19.7. The number of nitrogens with one attached hydrogen (secondary N) is 2. The van der Waals surface area contributed by atoms with Crippen molar-refractivity contribution in [2.45, 2.75) is 37.9 Å². The second kappa shape index (κ2) is 7.33. The van der Waals surface area contributed by atoms with E-state index in [-0.39, 0.29) is 30.6 Å². The number of imide groups is 2. The number of carbonyl (C=O) groups excluding carboxylic acids is 4. The van der Waals surface area contributed by atoms with Gasteiger partial charge in [0.1, 0.15) is 6.04 Å². The van der Waals surface area contributed by atoms with E-state index in [9.17, 15) is 24.3 Å². The molecule has 4 rings (SSSR count). The van der Waals surface area contributed by atoms with Crippen LogP contribution in [0.15, 0.2) is 18.2 Å². The van der Waals surface area contributed by atoms with Crippen molar-refractivity contribution in [3.63, 3.8) is 0 Å². The molecule has 3 heterocycles. The molecule has 0 saturated carbocycles. The van der Waals surface area contributed by atoms with E-state index >= 15 is 0 Å². The molecule has 9 heteroatoms. The normalized spacial score (nSPS) is 27.9. The molecule has 1 aromatic carbocycles. The molecule has 29 heavy (non-hydrogen) atoms. The van der Waals surface area contributed by atoms with Crippen LogP contribution in [0.3, 0.4) is 0 Å². The third-order valence-corrected chi connectivity index (χ3v) is 6.05. The minimum absolute atomic E-state index is 0.00560. The number of rotatable bonds is 4. The Morgan fingerprint density at radius 3 is 2.66 bits per heavy atom. The summed E-state index contributed by atoms with van der Waals surface area (Å²) in [4.78, 5) is 52.4. The van der Waals surface area contributed by atoms with Gasteiger partial charge in [-0.2, -0.15) is 0 Å². The summed E-state index contributed by atoms with van der Waals surface area (Å²) in [6, 6.07) is 4.16. The fourth-order valence-corrected chi connectivity index (χ4v) is 4.22. The summed E-state index contributed by atoms with van der Waals surface area (Å²) in [7, 11) is 0. The summed E-state index contributed by atoms with van der Waals surface area (Å²) in [6.45, 7) is 4.74. The number of nitrogens with zero attached hydrogens (tertiary/aromatic N) is 2. The highest BCUT2D eigenvalue weighted by molar-refractivity contribution is 6.23. The van der Waals surface area contributed by atoms with Gasteiger partial charge in [-0.1, -0.05) is 6.07 Å². The van der Waals surface area contributed by atoms with Gasteiger partial charge < -0.3 is 10.4 Å². The van der Waals surface area contributed by atoms with Crippen LogP contribution in [0.25, 0.3) is 0 Å². The summed E-state index contributed by atoms with van der Waals surface area (Å²) in [6.07, 6.45) is 0.233. The lowest BCUT2D eigenvalue weighted by Crippen LogP contribution is -2.61. The molecule has 4 amide bonds. The van der Waals surface area contributed by atoms with Crippen LogP contribution in [0.4, 0.5) is 0 Å². The number of aliphatic hydroxyl groups is 1. The topological polar surface area (TPSA) is 119 Å². The SMILES string of the molecule is CC1(CO)CNCCN1Cc1ccc2c(c1)C(=O)N(C1CCC(=O)NC1=O)C2=O. The van der Waals surface area contributed by atoms with Crippen molar-refractivity contribution in [2.24, 2.45) is 0 Å². The first-order valence-corrected chi connectivity index (χ1v) is 9.75. The average molecular weight is 400 g/mol. The minimum Gasteiger partial charge on any atom is -0.394 e. The van der Waals surface area contributed by atoms with E-state index in [4.69, 9.17) is 0 Å². The number of hydrogen-bond donors (Lipinski definition) is 3. The van der Waals surface area contributed by atoms with Crippen LogP contribution in [0.2, 0.25) is 0 Å². The van der Waals surface area contributed by atoms with Gasteiger partial charge in [0.2, 0.25) is 11.8 Å². The van der Waals surface area contributed by atoms with Gasteiger partial charge in [0, 0.05) is 32.6 Å². The molecule has 0 aliphatic carbocycles. The lowest BCUT2D eigenvalue weighted by Gasteiger charge is -2.44. The third kappa shape index (κ3) is 3.35. The number of carbonyl (C=O) groups is 4. The van der Waals surface area contributed by atoms with Crippen LogP contribution in [0.5, 0.6) is 0 Å². The van der Waals surface area contributed by atoms with Crippen LogP contribution in [0.1, 0.15) is 46.0 Å². The second-order valence-corrected chi connectivity index (χ2v) is 8.08. The highest BCUT2D eigenvalue weighted by Crippen LogP contribution is 2.29. The molecule has 0 radical (unpaired) electrons. The summed E-state index contributed by atoms with van der Waals surface area (Å²) in [5, 5.41) is 15.3. The maximum Gasteiger partial charge on any atom is 0.262 e. The molecule has 3 aliphatic rings. The quantitative estimate of drug-likeness (QED) is 0.569. The third-order valence-electron chi connectivity index (χ3n) is 6.05.